The van der Waals surface area contributed by atoms with Crippen LogP contribution in [0.25, 0.3) is 0 Å². The van der Waals surface area contributed by atoms with Gasteiger partial charge in [0, 0.05) is 17.2 Å². The molecule has 0 aliphatic rings. The second kappa shape index (κ2) is 6.88. The Morgan fingerprint density at radius 3 is 3.06 bits per heavy atom. The van der Waals surface area contributed by atoms with Crippen LogP contribution in [0.2, 0.25) is 0 Å². The molecule has 0 aromatic carbocycles. The molecule has 0 saturated heterocycles. The first-order valence-corrected chi connectivity index (χ1v) is 7.04. The first kappa shape index (κ1) is 13.5. The number of hydrogen-bond donors (Lipinski definition) is 2. The molecule has 0 bridgehead atoms. The van der Waals surface area contributed by atoms with E-state index >= 15 is 0 Å². The van der Waals surface area contributed by atoms with Crippen molar-refractivity contribution < 1.29 is 9.90 Å². The van der Waals surface area contributed by atoms with E-state index in [2.05, 4.69) is 10.3 Å². The van der Waals surface area contributed by atoms with Gasteiger partial charge in [0.25, 0.3) is 0 Å². The van der Waals surface area contributed by atoms with E-state index in [1.54, 1.807) is 18.3 Å². The zero-order valence-corrected chi connectivity index (χ0v) is 11.0. The summed E-state index contributed by atoms with van der Waals surface area (Å²) >= 11 is 3.15. The summed E-state index contributed by atoms with van der Waals surface area (Å²) < 4.78 is 0. The first-order valence-electron chi connectivity index (χ1n) is 5.00. The van der Waals surface area contributed by atoms with Gasteiger partial charge in [-0.15, -0.1) is 23.1 Å². The Labute approximate surface area is 103 Å². The lowest BCUT2D eigenvalue weighted by Crippen LogP contribution is -2.36. The summed E-state index contributed by atoms with van der Waals surface area (Å²) in [6.45, 7) is 3.71. The Bertz CT molecular complexity index is 341. The van der Waals surface area contributed by atoms with Crippen molar-refractivity contribution in [2.75, 3.05) is 12.4 Å². The summed E-state index contributed by atoms with van der Waals surface area (Å²) in [5.74, 6) is 1.12. The monoisotopic (exact) mass is 260 g/mol. The Morgan fingerprint density at radius 2 is 2.50 bits per heavy atom. The van der Waals surface area contributed by atoms with E-state index in [1.807, 2.05) is 12.3 Å². The van der Waals surface area contributed by atoms with Crippen molar-refractivity contribution in [3.8, 4) is 0 Å². The van der Waals surface area contributed by atoms with E-state index in [-0.39, 0.29) is 18.6 Å². The Balaban J connectivity index is 2.18. The van der Waals surface area contributed by atoms with Gasteiger partial charge in [0.15, 0.2) is 0 Å². The van der Waals surface area contributed by atoms with Crippen LogP contribution < -0.4 is 5.32 Å². The molecule has 90 valence electrons. The maximum Gasteiger partial charge on any atom is 0.230 e. The number of nitrogens with one attached hydrogen (secondary N) is 1. The number of thiazole rings is 1. The molecule has 1 atom stereocenters. The molecule has 0 saturated carbocycles. The van der Waals surface area contributed by atoms with Crippen molar-refractivity contribution in [3.05, 3.63) is 16.1 Å². The number of nitrogens with zero attached hydrogens (tertiary/aromatic N) is 1. The number of aliphatic hydroxyl groups is 1. The van der Waals surface area contributed by atoms with Crippen LogP contribution in [0.1, 0.15) is 17.6 Å². The van der Waals surface area contributed by atoms with Gasteiger partial charge < -0.3 is 10.4 Å². The highest BCUT2D eigenvalue weighted by atomic mass is 32.2. The van der Waals surface area contributed by atoms with Crippen LogP contribution in [0.3, 0.4) is 0 Å². The van der Waals surface area contributed by atoms with Gasteiger partial charge in [-0.05, 0) is 13.8 Å². The van der Waals surface area contributed by atoms with Crippen molar-refractivity contribution in [3.63, 3.8) is 0 Å². The zero-order chi connectivity index (χ0) is 12.0. The van der Waals surface area contributed by atoms with Gasteiger partial charge in [-0.1, -0.05) is 0 Å². The predicted octanol–water partition coefficient (Wildman–Crippen LogP) is 1.18. The number of rotatable bonds is 6. The molecule has 0 radical (unpaired) electrons. The van der Waals surface area contributed by atoms with Gasteiger partial charge in [-0.2, -0.15) is 0 Å². The maximum atomic E-state index is 11.3. The van der Waals surface area contributed by atoms with E-state index < -0.39 is 0 Å². The SMILES string of the molecule is Cc1nc(CSCC(=O)N[C@H](C)CO)cs1. The van der Waals surface area contributed by atoms with Gasteiger partial charge in [0.2, 0.25) is 5.91 Å². The lowest BCUT2D eigenvalue weighted by atomic mass is 10.4. The summed E-state index contributed by atoms with van der Waals surface area (Å²) in [7, 11) is 0. The molecule has 0 aliphatic carbocycles. The maximum absolute atomic E-state index is 11.3. The molecule has 0 unspecified atom stereocenters. The predicted molar refractivity (Wildman–Crippen MR) is 67.7 cm³/mol. The van der Waals surface area contributed by atoms with E-state index in [9.17, 15) is 4.79 Å². The first-order chi connectivity index (χ1) is 7.61. The van der Waals surface area contributed by atoms with Gasteiger partial charge >= 0.3 is 0 Å². The summed E-state index contributed by atoms with van der Waals surface area (Å²) in [6, 6.07) is -0.172. The molecule has 6 heteroatoms. The van der Waals surface area contributed by atoms with Gasteiger partial charge in [0.05, 0.1) is 23.1 Å². The largest absolute Gasteiger partial charge is 0.394 e. The summed E-state index contributed by atoms with van der Waals surface area (Å²) in [4.78, 5) is 15.7. The fourth-order valence-corrected chi connectivity index (χ4v) is 2.53. The third kappa shape index (κ3) is 4.96. The smallest absolute Gasteiger partial charge is 0.230 e. The van der Waals surface area contributed by atoms with Crippen molar-refractivity contribution in [1.82, 2.24) is 10.3 Å². The van der Waals surface area contributed by atoms with Gasteiger partial charge in [-0.3, -0.25) is 4.79 Å². The van der Waals surface area contributed by atoms with E-state index in [0.717, 1.165) is 16.5 Å². The molecule has 0 aliphatic heterocycles. The topological polar surface area (TPSA) is 62.2 Å². The van der Waals surface area contributed by atoms with E-state index in [0.29, 0.717) is 5.75 Å². The fraction of sp³-hybridized carbons (Fsp3) is 0.600. The molecule has 0 fully saturated rings. The average molecular weight is 260 g/mol. The van der Waals surface area contributed by atoms with Crippen LogP contribution in [-0.2, 0) is 10.5 Å². The molecule has 1 amide bonds. The van der Waals surface area contributed by atoms with Crippen LogP contribution in [0.5, 0.6) is 0 Å². The van der Waals surface area contributed by atoms with Crippen molar-refractivity contribution >= 4 is 29.0 Å². The van der Waals surface area contributed by atoms with Crippen molar-refractivity contribution in [1.29, 1.82) is 0 Å². The lowest BCUT2D eigenvalue weighted by Gasteiger charge is -2.09. The van der Waals surface area contributed by atoms with Crippen LogP contribution in [-0.4, -0.2) is 34.4 Å². The molecule has 0 spiro atoms. The van der Waals surface area contributed by atoms with Crippen LogP contribution >= 0.6 is 23.1 Å². The van der Waals surface area contributed by atoms with Gasteiger partial charge in [0.1, 0.15) is 0 Å². The number of aryl methyl sites for hydroxylation is 1. The third-order valence-corrected chi connectivity index (χ3v) is 3.62. The second-order valence-corrected chi connectivity index (χ2v) is 5.55. The van der Waals surface area contributed by atoms with Crippen molar-refractivity contribution in [2.24, 2.45) is 0 Å². The number of aliphatic hydroxyl groups excluding tert-OH is 1. The fourth-order valence-electron chi connectivity index (χ4n) is 1.08. The number of thioether (sulfide) groups is 1. The van der Waals surface area contributed by atoms with E-state index in [1.165, 1.54) is 11.8 Å². The lowest BCUT2D eigenvalue weighted by molar-refractivity contribution is -0.119. The van der Waals surface area contributed by atoms with Crippen molar-refractivity contribution in [2.45, 2.75) is 25.6 Å². The Morgan fingerprint density at radius 1 is 1.75 bits per heavy atom. The quantitative estimate of drug-likeness (QED) is 0.806. The molecular formula is C10H16N2O2S2. The molecule has 1 rings (SSSR count). The zero-order valence-electron chi connectivity index (χ0n) is 9.40. The number of aromatic nitrogens is 1. The van der Waals surface area contributed by atoms with Crippen LogP contribution in [0.15, 0.2) is 5.38 Å². The number of carbonyl (C=O) groups excluding carboxylic acids is 1. The highest BCUT2D eigenvalue weighted by Crippen LogP contribution is 2.14. The molecule has 16 heavy (non-hydrogen) atoms. The molecule has 1 aromatic rings. The second-order valence-electron chi connectivity index (χ2n) is 3.50. The normalized spacial score (nSPS) is 12.4. The highest BCUT2D eigenvalue weighted by Gasteiger charge is 2.06. The summed E-state index contributed by atoms with van der Waals surface area (Å²) in [5, 5.41) is 14.5. The summed E-state index contributed by atoms with van der Waals surface area (Å²) in [5.41, 5.74) is 1.02. The number of carbonyl (C=O) groups is 1. The average Bonchev–Trinajstić information content (AvgIpc) is 2.64. The van der Waals surface area contributed by atoms with Gasteiger partial charge in [-0.25, -0.2) is 4.98 Å². The number of amides is 1. The van der Waals surface area contributed by atoms with Crippen LogP contribution in [0.4, 0.5) is 0 Å². The van der Waals surface area contributed by atoms with Crippen LogP contribution in [0, 0.1) is 6.92 Å². The number of hydrogen-bond acceptors (Lipinski definition) is 5. The molecule has 4 nitrogen and oxygen atoms in total. The minimum atomic E-state index is -0.172. The van der Waals surface area contributed by atoms with E-state index in [4.69, 9.17) is 5.11 Å². The molecular weight excluding hydrogens is 244 g/mol. The molecule has 1 heterocycles. The third-order valence-electron chi connectivity index (χ3n) is 1.83. The Kier molecular flexibility index (Phi) is 5.79. The standard InChI is InChI=1S/C10H16N2O2S2/c1-7(3-13)11-10(14)6-15-4-9-5-16-8(2)12-9/h5,7,13H,3-4,6H2,1-2H3,(H,11,14)/t7-/m1/s1. The molecule has 1 aromatic heterocycles. The summed E-state index contributed by atoms with van der Waals surface area (Å²) in [6.07, 6.45) is 0. The Hall–Kier alpha value is -0.590. The minimum absolute atomic E-state index is 0.0261. The highest BCUT2D eigenvalue weighted by molar-refractivity contribution is 7.99. The minimum Gasteiger partial charge on any atom is -0.394 e. The molecule has 2 N–H and O–H groups in total.